The van der Waals surface area contributed by atoms with Gasteiger partial charge in [-0.1, -0.05) is 12.1 Å². The Kier molecular flexibility index (Phi) is 2.37. The van der Waals surface area contributed by atoms with Crippen molar-refractivity contribution >= 4 is 6.29 Å². The average Bonchev–Trinajstić information content (AvgIpc) is 2.64. The lowest BCUT2D eigenvalue weighted by atomic mass is 10.0. The molecule has 2 rings (SSSR count). The highest BCUT2D eigenvalue weighted by molar-refractivity contribution is 5.77. The normalized spacial score (nSPS) is 10.3. The second-order valence-electron chi connectivity index (χ2n) is 3.58. The van der Waals surface area contributed by atoms with Crippen LogP contribution in [0.25, 0.3) is 11.3 Å². The molecule has 0 atom stereocenters. The van der Waals surface area contributed by atoms with E-state index >= 15 is 0 Å². The van der Waals surface area contributed by atoms with E-state index in [9.17, 15) is 4.79 Å². The lowest BCUT2D eigenvalue weighted by Crippen LogP contribution is -1.92. The highest BCUT2D eigenvalue weighted by Crippen LogP contribution is 2.22. The molecule has 0 aliphatic heterocycles. The van der Waals surface area contributed by atoms with Crippen LogP contribution in [0.3, 0.4) is 0 Å². The molecule has 3 heteroatoms. The molecule has 0 radical (unpaired) electrons. The summed E-state index contributed by atoms with van der Waals surface area (Å²) in [4.78, 5) is 14.7. The Bertz CT molecular complexity index is 500. The van der Waals surface area contributed by atoms with Crippen molar-refractivity contribution in [3.63, 3.8) is 0 Å². The zero-order valence-corrected chi connectivity index (χ0v) is 8.77. The van der Waals surface area contributed by atoms with Gasteiger partial charge in [0.1, 0.15) is 6.29 Å². The number of hydrogen-bond acceptors (Lipinski definition) is 2. The fourth-order valence-corrected chi connectivity index (χ4v) is 1.66. The number of nitrogens with zero attached hydrogens (tertiary/aromatic N) is 2. The molecule has 0 fully saturated rings. The molecule has 3 nitrogen and oxygen atoms in total. The van der Waals surface area contributed by atoms with Gasteiger partial charge in [-0.05, 0) is 18.6 Å². The Morgan fingerprint density at radius 1 is 1.40 bits per heavy atom. The predicted molar refractivity (Wildman–Crippen MR) is 58.8 cm³/mol. The van der Waals surface area contributed by atoms with Crippen molar-refractivity contribution in [2.45, 2.75) is 6.92 Å². The van der Waals surface area contributed by atoms with E-state index in [0.717, 1.165) is 23.1 Å². The van der Waals surface area contributed by atoms with Crippen LogP contribution in [0, 0.1) is 6.92 Å². The fourth-order valence-electron chi connectivity index (χ4n) is 1.66. The summed E-state index contributed by atoms with van der Waals surface area (Å²) in [5, 5.41) is 0. The molecule has 0 saturated heterocycles. The maximum atomic E-state index is 10.6. The standard InChI is InChI=1S/C12H12N2O/c1-9-5-10(7-15)3-4-11(9)12-6-13-8-14(12)2/h3-8H,1-2H3. The Hall–Kier alpha value is -1.90. The van der Waals surface area contributed by atoms with Crippen LogP contribution >= 0.6 is 0 Å². The zero-order chi connectivity index (χ0) is 10.8. The molecule has 0 aliphatic rings. The van der Waals surface area contributed by atoms with Crippen LogP contribution in [-0.2, 0) is 7.05 Å². The highest BCUT2D eigenvalue weighted by Gasteiger charge is 2.05. The SMILES string of the molecule is Cc1cc(C=O)ccc1-c1cncn1C. The monoisotopic (exact) mass is 200 g/mol. The first-order valence-electron chi connectivity index (χ1n) is 4.75. The molecule has 0 unspecified atom stereocenters. The van der Waals surface area contributed by atoms with E-state index in [1.807, 2.05) is 42.9 Å². The maximum absolute atomic E-state index is 10.6. The van der Waals surface area contributed by atoms with Crippen molar-refractivity contribution < 1.29 is 4.79 Å². The van der Waals surface area contributed by atoms with E-state index in [4.69, 9.17) is 0 Å². The summed E-state index contributed by atoms with van der Waals surface area (Å²) in [5.74, 6) is 0. The van der Waals surface area contributed by atoms with E-state index in [1.165, 1.54) is 0 Å². The lowest BCUT2D eigenvalue weighted by Gasteiger charge is -2.06. The van der Waals surface area contributed by atoms with E-state index < -0.39 is 0 Å². The topological polar surface area (TPSA) is 34.9 Å². The van der Waals surface area contributed by atoms with Gasteiger partial charge in [-0.2, -0.15) is 0 Å². The molecule has 2 aromatic rings. The summed E-state index contributed by atoms with van der Waals surface area (Å²) in [6, 6.07) is 5.66. The number of rotatable bonds is 2. The van der Waals surface area contributed by atoms with Crippen LogP contribution in [0.2, 0.25) is 0 Å². The summed E-state index contributed by atoms with van der Waals surface area (Å²) >= 11 is 0. The summed E-state index contributed by atoms with van der Waals surface area (Å²) < 4.78 is 1.96. The minimum absolute atomic E-state index is 0.707. The van der Waals surface area contributed by atoms with Gasteiger partial charge in [0.15, 0.2) is 0 Å². The average molecular weight is 200 g/mol. The summed E-state index contributed by atoms with van der Waals surface area (Å²) in [6.07, 6.45) is 4.45. The second-order valence-corrected chi connectivity index (χ2v) is 3.58. The summed E-state index contributed by atoms with van der Waals surface area (Å²) in [7, 11) is 1.95. The third-order valence-electron chi connectivity index (χ3n) is 2.48. The summed E-state index contributed by atoms with van der Waals surface area (Å²) in [6.45, 7) is 2.00. The number of aldehydes is 1. The van der Waals surface area contributed by atoms with Crippen LogP contribution in [0.1, 0.15) is 15.9 Å². The zero-order valence-electron chi connectivity index (χ0n) is 8.77. The number of aromatic nitrogens is 2. The van der Waals surface area contributed by atoms with E-state index in [0.29, 0.717) is 5.56 Å². The van der Waals surface area contributed by atoms with Crippen molar-refractivity contribution in [1.29, 1.82) is 0 Å². The molecular weight excluding hydrogens is 188 g/mol. The van der Waals surface area contributed by atoms with Gasteiger partial charge in [0.25, 0.3) is 0 Å². The lowest BCUT2D eigenvalue weighted by molar-refractivity contribution is 0.112. The predicted octanol–water partition coefficient (Wildman–Crippen LogP) is 2.21. The Morgan fingerprint density at radius 3 is 2.73 bits per heavy atom. The van der Waals surface area contributed by atoms with Gasteiger partial charge in [0, 0.05) is 18.2 Å². The maximum Gasteiger partial charge on any atom is 0.150 e. The number of carbonyl (C=O) groups excluding carboxylic acids is 1. The third kappa shape index (κ3) is 1.68. The third-order valence-corrected chi connectivity index (χ3v) is 2.48. The highest BCUT2D eigenvalue weighted by atomic mass is 16.1. The molecule has 0 spiro atoms. The van der Waals surface area contributed by atoms with Gasteiger partial charge in [0.2, 0.25) is 0 Å². The molecule has 15 heavy (non-hydrogen) atoms. The van der Waals surface area contributed by atoms with Gasteiger partial charge in [-0.15, -0.1) is 0 Å². The number of benzene rings is 1. The largest absolute Gasteiger partial charge is 0.334 e. The Labute approximate surface area is 88.4 Å². The number of imidazole rings is 1. The number of carbonyl (C=O) groups is 1. The van der Waals surface area contributed by atoms with Gasteiger partial charge in [0.05, 0.1) is 18.2 Å². The van der Waals surface area contributed by atoms with Crippen molar-refractivity contribution in [1.82, 2.24) is 9.55 Å². The molecule has 1 heterocycles. The number of aryl methyl sites for hydroxylation is 2. The quantitative estimate of drug-likeness (QED) is 0.696. The van der Waals surface area contributed by atoms with Crippen LogP contribution in [0.15, 0.2) is 30.7 Å². The van der Waals surface area contributed by atoms with Crippen LogP contribution in [-0.4, -0.2) is 15.8 Å². The molecule has 0 bridgehead atoms. The molecule has 0 aliphatic carbocycles. The van der Waals surface area contributed by atoms with Gasteiger partial charge >= 0.3 is 0 Å². The molecular formula is C12H12N2O. The second kappa shape index (κ2) is 3.69. The first-order chi connectivity index (χ1) is 7.22. The summed E-state index contributed by atoms with van der Waals surface area (Å²) in [5.41, 5.74) is 3.96. The van der Waals surface area contributed by atoms with Crippen LogP contribution in [0.5, 0.6) is 0 Å². The van der Waals surface area contributed by atoms with Gasteiger partial charge in [-0.25, -0.2) is 4.98 Å². The number of hydrogen-bond donors (Lipinski definition) is 0. The smallest absolute Gasteiger partial charge is 0.150 e. The minimum atomic E-state index is 0.707. The molecule has 0 saturated carbocycles. The Morgan fingerprint density at radius 2 is 2.20 bits per heavy atom. The molecule has 76 valence electrons. The van der Waals surface area contributed by atoms with Crippen molar-refractivity contribution in [2.24, 2.45) is 7.05 Å². The molecule has 1 aromatic carbocycles. The first-order valence-corrected chi connectivity index (χ1v) is 4.75. The molecule has 0 N–H and O–H groups in total. The minimum Gasteiger partial charge on any atom is -0.334 e. The van der Waals surface area contributed by atoms with Crippen LogP contribution < -0.4 is 0 Å². The fraction of sp³-hybridized carbons (Fsp3) is 0.167. The molecule has 1 aromatic heterocycles. The molecule has 0 amide bonds. The first kappa shape index (κ1) is 9.65. The van der Waals surface area contributed by atoms with E-state index in [2.05, 4.69) is 4.98 Å². The van der Waals surface area contributed by atoms with Gasteiger partial charge < -0.3 is 4.57 Å². The Balaban J connectivity index is 2.55. The van der Waals surface area contributed by atoms with Crippen molar-refractivity contribution in [3.8, 4) is 11.3 Å². The van der Waals surface area contributed by atoms with Gasteiger partial charge in [-0.3, -0.25) is 4.79 Å². The van der Waals surface area contributed by atoms with E-state index in [1.54, 1.807) is 6.33 Å². The van der Waals surface area contributed by atoms with Crippen LogP contribution in [0.4, 0.5) is 0 Å². The van der Waals surface area contributed by atoms with Crippen molar-refractivity contribution in [2.75, 3.05) is 0 Å². The van der Waals surface area contributed by atoms with Crippen molar-refractivity contribution in [3.05, 3.63) is 41.9 Å². The van der Waals surface area contributed by atoms with E-state index in [-0.39, 0.29) is 0 Å².